The van der Waals surface area contributed by atoms with E-state index in [1.807, 2.05) is 69.3 Å². The summed E-state index contributed by atoms with van der Waals surface area (Å²) in [6.07, 6.45) is 7.31. The van der Waals surface area contributed by atoms with E-state index in [0.717, 1.165) is 73.5 Å². The quantitative estimate of drug-likeness (QED) is 0.292. The molecule has 42 heavy (non-hydrogen) atoms. The Morgan fingerprint density at radius 2 is 1.88 bits per heavy atom. The number of amides is 2. The molecule has 1 atom stereocenters. The van der Waals surface area contributed by atoms with E-state index < -0.39 is 6.04 Å². The second kappa shape index (κ2) is 18.4. The molecule has 1 aliphatic rings. The fraction of sp³-hybridized carbons (Fsp3) is 0.455. The fourth-order valence-electron chi connectivity index (χ4n) is 4.81. The van der Waals surface area contributed by atoms with E-state index in [0.29, 0.717) is 31.5 Å². The van der Waals surface area contributed by atoms with E-state index in [9.17, 15) is 14.4 Å². The molecule has 9 nitrogen and oxygen atoms in total. The molecule has 0 saturated carbocycles. The zero-order chi connectivity index (χ0) is 30.9. The van der Waals surface area contributed by atoms with Crippen LogP contribution in [0.4, 0.5) is 5.82 Å². The maximum absolute atomic E-state index is 12.4. The number of pyridine rings is 1. The van der Waals surface area contributed by atoms with Crippen LogP contribution >= 0.6 is 0 Å². The van der Waals surface area contributed by atoms with E-state index in [1.165, 1.54) is 0 Å². The Balaban J connectivity index is 0.00000301. The highest BCUT2D eigenvalue weighted by Crippen LogP contribution is 2.19. The molecule has 0 radical (unpaired) electrons. The number of hydrogen-bond acceptors (Lipinski definition) is 8. The van der Waals surface area contributed by atoms with Gasteiger partial charge in [-0.1, -0.05) is 64.2 Å². The number of likely N-dealkylation sites (N-methyl/N-ethyl adjacent to an activating group) is 1. The number of benzene rings is 1. The van der Waals surface area contributed by atoms with Gasteiger partial charge in [0.1, 0.15) is 12.1 Å². The Hall–Kier alpha value is -4.00. The molecule has 0 bridgehead atoms. The average Bonchev–Trinajstić information content (AvgIpc) is 3.02. The molecular formula is C33H46N6O3. The highest BCUT2D eigenvalue weighted by atomic mass is 16.2. The Kier molecular flexibility index (Phi) is 15.0. The van der Waals surface area contributed by atoms with Crippen LogP contribution in [0, 0.1) is 11.8 Å². The third-order valence-electron chi connectivity index (χ3n) is 7.07. The third kappa shape index (κ3) is 9.82. The van der Waals surface area contributed by atoms with Crippen LogP contribution in [0.25, 0.3) is 5.70 Å². The van der Waals surface area contributed by atoms with Crippen molar-refractivity contribution in [2.45, 2.75) is 59.5 Å². The zero-order valence-electron chi connectivity index (χ0n) is 25.7. The Labute approximate surface area is 251 Å². The number of rotatable bonds is 12. The van der Waals surface area contributed by atoms with Gasteiger partial charge >= 0.3 is 0 Å². The van der Waals surface area contributed by atoms with Crippen molar-refractivity contribution in [3.8, 4) is 11.8 Å². The van der Waals surface area contributed by atoms with Crippen LogP contribution in [-0.4, -0.2) is 79.2 Å². The van der Waals surface area contributed by atoms with Crippen LogP contribution in [-0.2, 0) is 16.1 Å². The van der Waals surface area contributed by atoms with E-state index in [4.69, 9.17) is 5.73 Å². The number of allylic oxidation sites excluding steroid dienone is 1. The first kappa shape index (κ1) is 34.2. The van der Waals surface area contributed by atoms with Crippen molar-refractivity contribution in [2.75, 3.05) is 44.7 Å². The van der Waals surface area contributed by atoms with Crippen LogP contribution < -0.4 is 16.0 Å². The summed E-state index contributed by atoms with van der Waals surface area (Å²) in [5, 5.41) is 2.26. The number of carbonyl (C=O) groups is 3. The number of nitrogens with two attached hydrogens (primary N) is 1. The normalized spacial score (nSPS) is 14.2. The largest absolute Gasteiger partial charge is 0.398 e. The predicted octanol–water partition coefficient (Wildman–Crippen LogP) is 3.68. The van der Waals surface area contributed by atoms with Crippen molar-refractivity contribution in [3.63, 3.8) is 0 Å². The van der Waals surface area contributed by atoms with Gasteiger partial charge in [0, 0.05) is 61.3 Å². The number of carbonyl (C=O) groups excluding carboxylic acids is 3. The number of piperazine rings is 1. The summed E-state index contributed by atoms with van der Waals surface area (Å²) < 4.78 is 0. The molecule has 1 aromatic carbocycles. The van der Waals surface area contributed by atoms with Crippen LogP contribution in [0.15, 0.2) is 42.6 Å². The van der Waals surface area contributed by atoms with Crippen molar-refractivity contribution >= 4 is 30.1 Å². The number of aldehydes is 1. The minimum absolute atomic E-state index is 0.349. The maximum Gasteiger partial charge on any atom is 0.243 e. The SMILES string of the molecule is CC.CC/C=C(/N)c1ccc(N2CCN(CC#Cc3cccc(C=O)c3CN(C)C(CCC)C(=O)NC=O)CC2)nc1. The Morgan fingerprint density at radius 3 is 2.48 bits per heavy atom. The molecule has 1 aliphatic heterocycles. The summed E-state index contributed by atoms with van der Waals surface area (Å²) in [5.41, 5.74) is 9.86. The molecule has 0 spiro atoms. The van der Waals surface area contributed by atoms with Gasteiger partial charge in [0.05, 0.1) is 12.6 Å². The van der Waals surface area contributed by atoms with Gasteiger partial charge < -0.3 is 10.6 Å². The lowest BCUT2D eigenvalue weighted by molar-refractivity contribution is -0.129. The summed E-state index contributed by atoms with van der Waals surface area (Å²) in [6, 6.07) is 9.04. The number of imide groups is 1. The van der Waals surface area contributed by atoms with Crippen molar-refractivity contribution in [1.82, 2.24) is 20.1 Å². The lowest BCUT2D eigenvalue weighted by Crippen LogP contribution is -2.46. The second-order valence-electron chi connectivity index (χ2n) is 9.87. The minimum Gasteiger partial charge on any atom is -0.398 e. The Morgan fingerprint density at radius 1 is 1.14 bits per heavy atom. The van der Waals surface area contributed by atoms with Crippen LogP contribution in [0.3, 0.4) is 0 Å². The van der Waals surface area contributed by atoms with Gasteiger partial charge in [0.15, 0.2) is 0 Å². The van der Waals surface area contributed by atoms with Crippen molar-refractivity contribution in [1.29, 1.82) is 0 Å². The van der Waals surface area contributed by atoms with Gasteiger partial charge in [-0.05, 0) is 43.7 Å². The van der Waals surface area contributed by atoms with E-state index >= 15 is 0 Å². The molecule has 2 aromatic rings. The van der Waals surface area contributed by atoms with Gasteiger partial charge in [-0.3, -0.25) is 29.5 Å². The Bertz CT molecular complexity index is 1240. The lowest BCUT2D eigenvalue weighted by atomic mass is 10.00. The number of aromatic nitrogens is 1. The first-order valence-corrected chi connectivity index (χ1v) is 14.8. The average molecular weight is 575 g/mol. The second-order valence-corrected chi connectivity index (χ2v) is 9.87. The fourth-order valence-corrected chi connectivity index (χ4v) is 4.81. The van der Waals surface area contributed by atoms with Crippen molar-refractivity contribution in [2.24, 2.45) is 5.73 Å². The van der Waals surface area contributed by atoms with E-state index in [1.54, 1.807) is 6.07 Å². The van der Waals surface area contributed by atoms with Gasteiger partial charge in [0.25, 0.3) is 0 Å². The van der Waals surface area contributed by atoms with Gasteiger partial charge in [-0.2, -0.15) is 0 Å². The minimum atomic E-state index is -0.483. The molecule has 3 rings (SSSR count). The summed E-state index contributed by atoms with van der Waals surface area (Å²) in [4.78, 5) is 46.1. The zero-order valence-corrected chi connectivity index (χ0v) is 25.7. The van der Waals surface area contributed by atoms with E-state index in [2.05, 4.69) is 38.9 Å². The molecular weight excluding hydrogens is 528 g/mol. The van der Waals surface area contributed by atoms with E-state index in [-0.39, 0.29) is 5.91 Å². The number of nitrogens with one attached hydrogen (secondary N) is 1. The van der Waals surface area contributed by atoms with Crippen molar-refractivity contribution in [3.05, 3.63) is 64.9 Å². The molecule has 1 saturated heterocycles. The van der Waals surface area contributed by atoms with Gasteiger partial charge in [-0.25, -0.2) is 4.98 Å². The molecule has 1 unspecified atom stereocenters. The summed E-state index contributed by atoms with van der Waals surface area (Å²) in [6.45, 7) is 12.5. The number of anilines is 1. The smallest absolute Gasteiger partial charge is 0.243 e. The topological polar surface area (TPSA) is 112 Å². The molecule has 1 fully saturated rings. The predicted molar refractivity (Wildman–Crippen MR) is 170 cm³/mol. The molecule has 2 amide bonds. The molecule has 0 aliphatic carbocycles. The molecule has 226 valence electrons. The van der Waals surface area contributed by atoms with Gasteiger partial charge in [-0.15, -0.1) is 0 Å². The van der Waals surface area contributed by atoms with Crippen LogP contribution in [0.2, 0.25) is 0 Å². The highest BCUT2D eigenvalue weighted by Gasteiger charge is 2.23. The molecule has 9 heteroatoms. The molecule has 1 aromatic heterocycles. The first-order valence-electron chi connectivity index (χ1n) is 14.8. The summed E-state index contributed by atoms with van der Waals surface area (Å²) in [7, 11) is 1.82. The molecule has 3 N–H and O–H groups in total. The third-order valence-corrected chi connectivity index (χ3v) is 7.07. The maximum atomic E-state index is 12.4. The van der Waals surface area contributed by atoms with Crippen LogP contribution in [0.1, 0.15) is 74.0 Å². The standard InChI is InChI=1S/C31H40N6O3.C2H6/c1-4-8-28(32)25-13-14-30(33-20-25)37-18-16-36(17-19-37)15-7-12-24-10-6-11-26(22-38)27(24)21-35(3)29(9-5-2)31(40)34-23-39;1-2/h6,8,10-11,13-14,20,22-23,29H,4-5,9,15-19,21,32H2,1-3H3,(H,34,39,40);1-2H3/b28-8+;. The number of hydrogen-bond donors (Lipinski definition) is 2. The lowest BCUT2D eigenvalue weighted by Gasteiger charge is -2.34. The summed E-state index contributed by atoms with van der Waals surface area (Å²) >= 11 is 0. The number of nitrogens with zero attached hydrogens (tertiary/aromatic N) is 4. The summed E-state index contributed by atoms with van der Waals surface area (Å²) in [5.74, 6) is 7.14. The first-order chi connectivity index (χ1) is 20.4. The van der Waals surface area contributed by atoms with Crippen LogP contribution in [0.5, 0.6) is 0 Å². The molecule has 2 heterocycles. The van der Waals surface area contributed by atoms with Gasteiger partial charge in [0.2, 0.25) is 12.3 Å². The monoisotopic (exact) mass is 574 g/mol. The van der Waals surface area contributed by atoms with Crippen molar-refractivity contribution < 1.29 is 14.4 Å². The highest BCUT2D eigenvalue weighted by molar-refractivity contribution is 5.90.